The summed E-state index contributed by atoms with van der Waals surface area (Å²) >= 11 is 0. The van der Waals surface area contributed by atoms with Crippen LogP contribution < -0.4 is 0 Å². The van der Waals surface area contributed by atoms with Crippen LogP contribution in [0.3, 0.4) is 0 Å². The highest BCUT2D eigenvalue weighted by atomic mass is 32.2. The van der Waals surface area contributed by atoms with E-state index in [1.54, 1.807) is 0 Å². The third kappa shape index (κ3) is 6.63. The summed E-state index contributed by atoms with van der Waals surface area (Å²) in [5.41, 5.74) is 0. The van der Waals surface area contributed by atoms with Crippen molar-refractivity contribution in [3.8, 4) is 0 Å². The summed E-state index contributed by atoms with van der Waals surface area (Å²) in [7, 11) is -2.13. The zero-order valence-electron chi connectivity index (χ0n) is 13.9. The van der Waals surface area contributed by atoms with Crippen LogP contribution in [-0.4, -0.2) is 56.6 Å². The van der Waals surface area contributed by atoms with Crippen molar-refractivity contribution in [3.05, 3.63) is 0 Å². The Labute approximate surface area is 148 Å². The maximum absolute atomic E-state index is 12.0. The van der Waals surface area contributed by atoms with Crippen LogP contribution in [0.25, 0.3) is 0 Å². The first-order chi connectivity index (χ1) is 11.6. The molecule has 6 nitrogen and oxygen atoms in total. The number of ether oxygens (including phenoxy) is 2. The first-order valence-electron chi connectivity index (χ1n) is 8.59. The predicted octanol–water partition coefficient (Wildman–Crippen LogP) is 1.17. The minimum Gasteiger partial charge on any atom is -0.465 e. The Morgan fingerprint density at radius 1 is 0.750 bits per heavy atom. The van der Waals surface area contributed by atoms with Crippen LogP contribution in [0.4, 0.5) is 0 Å². The number of rotatable bonds is 9. The summed E-state index contributed by atoms with van der Waals surface area (Å²) in [6, 6.07) is 0. The highest BCUT2D eigenvalue weighted by molar-refractivity contribution is 7.88. The fourth-order valence-corrected chi connectivity index (χ4v) is 5.93. The van der Waals surface area contributed by atoms with Crippen molar-refractivity contribution in [2.24, 2.45) is 11.8 Å². The molecule has 0 radical (unpaired) electrons. The van der Waals surface area contributed by atoms with E-state index in [0.717, 1.165) is 25.7 Å². The highest BCUT2D eigenvalue weighted by Crippen LogP contribution is 2.20. The molecule has 0 aromatic heterocycles. The van der Waals surface area contributed by atoms with Crippen molar-refractivity contribution < 1.29 is 27.5 Å². The Hall–Kier alpha value is -0.760. The fourth-order valence-electron chi connectivity index (χ4n) is 2.94. The van der Waals surface area contributed by atoms with Crippen LogP contribution in [0.1, 0.15) is 38.5 Å². The lowest BCUT2D eigenvalue weighted by molar-refractivity contribution is -0.153. The van der Waals surface area contributed by atoms with Gasteiger partial charge < -0.3 is 9.47 Å². The summed E-state index contributed by atoms with van der Waals surface area (Å²) in [4.78, 5) is 23.1. The highest BCUT2D eigenvalue weighted by Gasteiger charge is 2.25. The molecule has 0 spiro atoms. The van der Waals surface area contributed by atoms with Gasteiger partial charge in [-0.3, -0.25) is 18.0 Å². The van der Waals surface area contributed by atoms with Crippen molar-refractivity contribution in [1.82, 2.24) is 0 Å². The summed E-state index contributed by atoms with van der Waals surface area (Å²) in [5, 5.41) is 0. The number of hydrogen-bond donors (Lipinski definition) is 0. The average Bonchev–Trinajstić information content (AvgIpc) is 2.58. The van der Waals surface area contributed by atoms with E-state index in [9.17, 15) is 18.0 Å². The summed E-state index contributed by atoms with van der Waals surface area (Å²) in [5.74, 6) is 1.03. The maximum atomic E-state index is 12.0. The van der Waals surface area contributed by atoms with Gasteiger partial charge in [0.25, 0.3) is 0 Å². The second kappa shape index (κ2) is 10.3. The van der Waals surface area contributed by atoms with E-state index in [1.807, 2.05) is 0 Å². The van der Waals surface area contributed by atoms with Crippen molar-refractivity contribution in [2.75, 3.05) is 36.2 Å². The van der Waals surface area contributed by atoms with Crippen LogP contribution in [-0.2, 0) is 40.7 Å². The van der Waals surface area contributed by atoms with E-state index < -0.39 is 21.6 Å². The van der Waals surface area contributed by atoms with Crippen LogP contribution in [0.2, 0.25) is 0 Å². The van der Waals surface area contributed by atoms with Crippen molar-refractivity contribution in [2.45, 2.75) is 38.5 Å². The molecule has 138 valence electrons. The first-order valence-corrected chi connectivity index (χ1v) is 11.6. The van der Waals surface area contributed by atoms with Gasteiger partial charge in [-0.1, -0.05) is 0 Å². The molecule has 4 unspecified atom stereocenters. The quantitative estimate of drug-likeness (QED) is 0.560. The number of carbonyl (C=O) groups is 2. The van der Waals surface area contributed by atoms with Gasteiger partial charge in [0.1, 0.15) is 0 Å². The molecule has 2 rings (SSSR count). The lowest BCUT2D eigenvalue weighted by Crippen LogP contribution is -2.26. The third-order valence-electron chi connectivity index (χ3n) is 4.48. The molecule has 2 aliphatic rings. The fraction of sp³-hybridized carbons (Fsp3) is 0.875. The van der Waals surface area contributed by atoms with Gasteiger partial charge in [-0.2, -0.15) is 0 Å². The molecule has 0 aromatic rings. The van der Waals surface area contributed by atoms with E-state index in [1.165, 1.54) is 0 Å². The van der Waals surface area contributed by atoms with E-state index >= 15 is 0 Å². The van der Waals surface area contributed by atoms with Gasteiger partial charge in [0.05, 0.1) is 25.0 Å². The van der Waals surface area contributed by atoms with E-state index in [2.05, 4.69) is 0 Å². The topological polar surface area (TPSA) is 86.7 Å². The van der Waals surface area contributed by atoms with E-state index in [4.69, 9.17) is 9.47 Å². The van der Waals surface area contributed by atoms with E-state index in [0.29, 0.717) is 49.1 Å². The summed E-state index contributed by atoms with van der Waals surface area (Å²) < 4.78 is 34.0. The minimum absolute atomic E-state index is 0.134. The molecule has 0 amide bonds. The molecule has 0 N–H and O–H groups in total. The number of hydrogen-bond acceptors (Lipinski definition) is 6. The lowest BCUT2D eigenvalue weighted by Gasteiger charge is -2.20. The molecule has 8 heteroatoms. The van der Waals surface area contributed by atoms with Gasteiger partial charge in [0.2, 0.25) is 0 Å². The van der Waals surface area contributed by atoms with Crippen LogP contribution >= 0.6 is 0 Å². The van der Waals surface area contributed by atoms with Gasteiger partial charge in [-0.25, -0.2) is 0 Å². The number of cyclic esters (lactones) is 2. The molecule has 2 saturated heterocycles. The zero-order valence-corrected chi connectivity index (χ0v) is 15.5. The molecule has 0 bridgehead atoms. The lowest BCUT2D eigenvalue weighted by atomic mass is 9.99. The van der Waals surface area contributed by atoms with Gasteiger partial charge in [0.15, 0.2) is 0 Å². The third-order valence-corrected chi connectivity index (χ3v) is 7.44. The number of esters is 2. The minimum atomic E-state index is -1.06. The SMILES string of the molecule is O=C1OCCCC1CCS(=O)CCS(=O)CCC1CCCOC1=O. The number of carbonyl (C=O) groups excluding carboxylic acids is 2. The zero-order chi connectivity index (χ0) is 17.4. The molecule has 0 aliphatic carbocycles. The maximum Gasteiger partial charge on any atom is 0.308 e. The van der Waals surface area contributed by atoms with Crippen LogP contribution in [0.5, 0.6) is 0 Å². The summed E-state index contributed by atoms with van der Waals surface area (Å²) in [6.45, 7) is 0.984. The second-order valence-corrected chi connectivity index (χ2v) is 9.68. The van der Waals surface area contributed by atoms with Crippen molar-refractivity contribution in [3.63, 3.8) is 0 Å². The van der Waals surface area contributed by atoms with Crippen LogP contribution in [0.15, 0.2) is 0 Å². The molecular weight excluding hydrogens is 352 g/mol. The second-order valence-electron chi connectivity index (χ2n) is 6.29. The Bertz CT molecular complexity index is 449. The molecule has 4 atom stereocenters. The Kier molecular flexibility index (Phi) is 8.38. The normalized spacial score (nSPS) is 27.2. The Balaban J connectivity index is 1.58. The molecule has 0 saturated carbocycles. The van der Waals surface area contributed by atoms with Gasteiger partial charge in [0, 0.05) is 44.6 Å². The van der Waals surface area contributed by atoms with Gasteiger partial charge in [-0.15, -0.1) is 0 Å². The standard InChI is InChI=1S/C16H26O6S2/c17-15-13(3-1-7-21-15)5-9-23(19)11-12-24(20)10-6-14-4-2-8-22-16(14)18/h13-14H,1-12H2. The van der Waals surface area contributed by atoms with Crippen molar-refractivity contribution >= 4 is 33.5 Å². The Morgan fingerprint density at radius 3 is 1.54 bits per heavy atom. The molecular formula is C16H26O6S2. The van der Waals surface area contributed by atoms with Gasteiger partial charge >= 0.3 is 11.9 Å². The monoisotopic (exact) mass is 378 g/mol. The molecule has 24 heavy (non-hydrogen) atoms. The molecule has 2 heterocycles. The van der Waals surface area contributed by atoms with Crippen molar-refractivity contribution in [1.29, 1.82) is 0 Å². The smallest absolute Gasteiger partial charge is 0.308 e. The van der Waals surface area contributed by atoms with Gasteiger partial charge in [-0.05, 0) is 38.5 Å². The summed E-state index contributed by atoms with van der Waals surface area (Å²) in [6.07, 6.45) is 4.50. The average molecular weight is 379 g/mol. The van der Waals surface area contributed by atoms with Crippen LogP contribution in [0, 0.1) is 11.8 Å². The largest absolute Gasteiger partial charge is 0.465 e. The molecule has 2 aliphatic heterocycles. The van der Waals surface area contributed by atoms with E-state index in [-0.39, 0.29) is 23.8 Å². The first kappa shape index (κ1) is 19.6. The molecule has 0 aromatic carbocycles. The molecule has 2 fully saturated rings. The Morgan fingerprint density at radius 2 is 1.17 bits per heavy atom. The predicted molar refractivity (Wildman–Crippen MR) is 92.4 cm³/mol.